The molecule has 0 saturated carbocycles. The van der Waals surface area contributed by atoms with Crippen molar-refractivity contribution in [1.29, 1.82) is 5.26 Å². The molecule has 1 N–H and O–H groups in total. The van der Waals surface area contributed by atoms with Crippen LogP contribution in [0.15, 0.2) is 71.9 Å². The number of nitrogens with zero attached hydrogens (tertiary/aromatic N) is 2. The summed E-state index contributed by atoms with van der Waals surface area (Å²) in [6.45, 7) is 1.98. The number of ketones is 1. The molecule has 1 aliphatic rings. The van der Waals surface area contributed by atoms with Crippen LogP contribution in [0.4, 0.5) is 10.1 Å². The SMILES string of the molecule is CCC[C@@H]1OC(=O)C(CCCc2cccc(NS(=O)(=O)c3ccc(C#N)cn3)c2)C(=O)C1CCc1ccc(F)cc1. The van der Waals surface area contributed by atoms with E-state index in [0.29, 0.717) is 44.2 Å². The summed E-state index contributed by atoms with van der Waals surface area (Å²) in [6, 6.07) is 17.6. The zero-order chi connectivity index (χ0) is 29.4. The van der Waals surface area contributed by atoms with Crippen molar-refractivity contribution in [3.63, 3.8) is 0 Å². The second-order valence-electron chi connectivity index (χ2n) is 10.2. The van der Waals surface area contributed by atoms with Crippen LogP contribution < -0.4 is 4.72 Å². The van der Waals surface area contributed by atoms with Crippen LogP contribution in [-0.4, -0.2) is 31.3 Å². The Labute approximate surface area is 239 Å². The third-order valence-electron chi connectivity index (χ3n) is 7.22. The Bertz CT molecular complexity index is 1520. The Hall–Kier alpha value is -4.10. The molecule has 8 nitrogen and oxygen atoms in total. The minimum absolute atomic E-state index is 0.0989. The van der Waals surface area contributed by atoms with Gasteiger partial charge in [-0.05, 0) is 86.1 Å². The molecule has 214 valence electrons. The lowest BCUT2D eigenvalue weighted by molar-refractivity contribution is -0.171. The molecule has 0 spiro atoms. The summed E-state index contributed by atoms with van der Waals surface area (Å²) in [6.07, 6.45) is 4.63. The lowest BCUT2D eigenvalue weighted by atomic mass is 9.79. The highest BCUT2D eigenvalue weighted by Crippen LogP contribution is 2.32. The van der Waals surface area contributed by atoms with E-state index in [9.17, 15) is 22.4 Å². The zero-order valence-electron chi connectivity index (χ0n) is 22.8. The van der Waals surface area contributed by atoms with Crippen LogP contribution >= 0.6 is 0 Å². The van der Waals surface area contributed by atoms with E-state index in [1.165, 1.54) is 30.5 Å². The summed E-state index contributed by atoms with van der Waals surface area (Å²) in [7, 11) is -3.95. The van der Waals surface area contributed by atoms with E-state index >= 15 is 0 Å². The molecule has 4 rings (SSSR count). The van der Waals surface area contributed by atoms with Crippen molar-refractivity contribution in [2.24, 2.45) is 11.8 Å². The van der Waals surface area contributed by atoms with E-state index in [2.05, 4.69) is 9.71 Å². The largest absolute Gasteiger partial charge is 0.461 e. The number of halogens is 1. The third kappa shape index (κ3) is 7.76. The highest BCUT2D eigenvalue weighted by Gasteiger charge is 2.43. The van der Waals surface area contributed by atoms with E-state index < -0.39 is 33.9 Å². The number of Topliss-reactive ketones (excluding diaryl/α,β-unsaturated/α-hetero) is 1. The van der Waals surface area contributed by atoms with Crippen molar-refractivity contribution >= 4 is 27.5 Å². The van der Waals surface area contributed by atoms with Crippen molar-refractivity contribution in [3.8, 4) is 6.07 Å². The molecule has 2 heterocycles. The Morgan fingerprint density at radius 3 is 2.46 bits per heavy atom. The molecule has 1 fully saturated rings. The molecule has 1 aromatic heterocycles. The van der Waals surface area contributed by atoms with Crippen LogP contribution in [0.25, 0.3) is 0 Å². The molecule has 0 amide bonds. The average molecular weight is 578 g/mol. The fourth-order valence-corrected chi connectivity index (χ4v) is 6.07. The quantitative estimate of drug-likeness (QED) is 0.226. The van der Waals surface area contributed by atoms with Gasteiger partial charge in [0.05, 0.1) is 11.5 Å². The van der Waals surface area contributed by atoms with E-state index in [1.807, 2.05) is 19.1 Å². The predicted octanol–water partition coefficient (Wildman–Crippen LogP) is 5.38. The second kappa shape index (κ2) is 13.5. The molecular weight excluding hydrogens is 545 g/mol. The highest BCUT2D eigenvalue weighted by molar-refractivity contribution is 7.92. The number of sulfonamides is 1. The van der Waals surface area contributed by atoms with E-state index in [4.69, 9.17) is 10.00 Å². The van der Waals surface area contributed by atoms with Gasteiger partial charge in [0.15, 0.2) is 10.8 Å². The highest BCUT2D eigenvalue weighted by atomic mass is 32.2. The first-order valence-corrected chi connectivity index (χ1v) is 15.1. The normalized spacial score (nSPS) is 18.9. The maximum atomic E-state index is 13.5. The maximum Gasteiger partial charge on any atom is 0.316 e. The van der Waals surface area contributed by atoms with Crippen LogP contribution in [-0.2, 0) is 37.2 Å². The van der Waals surface area contributed by atoms with Gasteiger partial charge >= 0.3 is 5.97 Å². The number of carbonyl (C=O) groups is 2. The smallest absolute Gasteiger partial charge is 0.316 e. The molecule has 3 aromatic rings. The Morgan fingerprint density at radius 1 is 1.00 bits per heavy atom. The standard InChI is InChI=1S/C31H32FN3O5S/c1-2-5-28-26(16-12-21-10-14-24(32)15-11-21)30(36)27(31(37)40-28)9-4-7-22-6-3-8-25(18-22)35-41(38,39)29-17-13-23(19-33)20-34-29/h3,6,8,10-11,13-15,17-18,20,26-28,35H,2,4-5,7,9,12,16H2,1H3/t26?,27?,28-/m0/s1. The van der Waals surface area contributed by atoms with Crippen molar-refractivity contribution < 1.29 is 27.1 Å². The van der Waals surface area contributed by atoms with Crippen LogP contribution in [0.5, 0.6) is 0 Å². The number of nitriles is 1. The topological polar surface area (TPSA) is 126 Å². The number of esters is 1. The predicted molar refractivity (Wildman–Crippen MR) is 151 cm³/mol. The van der Waals surface area contributed by atoms with Gasteiger partial charge in [-0.1, -0.05) is 37.6 Å². The molecule has 1 saturated heterocycles. The number of hydrogen-bond donors (Lipinski definition) is 1. The zero-order valence-corrected chi connectivity index (χ0v) is 23.6. The molecule has 0 radical (unpaired) electrons. The van der Waals surface area contributed by atoms with Crippen molar-refractivity contribution in [1.82, 2.24) is 4.98 Å². The Morgan fingerprint density at radius 2 is 1.78 bits per heavy atom. The van der Waals surface area contributed by atoms with Crippen LogP contribution in [0, 0.1) is 29.0 Å². The summed E-state index contributed by atoms with van der Waals surface area (Å²) in [5.41, 5.74) is 2.37. The molecule has 3 atom stereocenters. The number of hydrogen-bond acceptors (Lipinski definition) is 7. The number of cyclic esters (lactones) is 1. The molecule has 1 aliphatic heterocycles. The molecule has 41 heavy (non-hydrogen) atoms. The van der Waals surface area contributed by atoms with Gasteiger partial charge in [0.2, 0.25) is 0 Å². The van der Waals surface area contributed by atoms with Gasteiger partial charge in [-0.3, -0.25) is 14.3 Å². The number of aromatic nitrogens is 1. The summed E-state index contributed by atoms with van der Waals surface area (Å²) >= 11 is 0. The Balaban J connectivity index is 1.37. The number of rotatable bonds is 12. The monoisotopic (exact) mass is 577 g/mol. The van der Waals surface area contributed by atoms with Crippen LogP contribution in [0.3, 0.4) is 0 Å². The lowest BCUT2D eigenvalue weighted by Gasteiger charge is -2.34. The van der Waals surface area contributed by atoms with Crippen molar-refractivity contribution in [2.45, 2.75) is 63.0 Å². The minimum Gasteiger partial charge on any atom is -0.461 e. The van der Waals surface area contributed by atoms with E-state index in [0.717, 1.165) is 17.5 Å². The molecule has 0 bridgehead atoms. The van der Waals surface area contributed by atoms with E-state index in [-0.39, 0.29) is 22.2 Å². The number of anilines is 1. The number of carbonyl (C=O) groups excluding carboxylic acids is 2. The fourth-order valence-electron chi connectivity index (χ4n) is 5.09. The first-order valence-electron chi connectivity index (χ1n) is 13.7. The number of nitrogens with one attached hydrogen (secondary N) is 1. The first-order chi connectivity index (χ1) is 19.7. The minimum atomic E-state index is -3.95. The van der Waals surface area contributed by atoms with E-state index in [1.54, 1.807) is 30.3 Å². The number of benzene rings is 2. The molecule has 2 unspecified atom stereocenters. The van der Waals surface area contributed by atoms with Gasteiger partial charge in [-0.15, -0.1) is 0 Å². The maximum absolute atomic E-state index is 13.5. The Kier molecular flexibility index (Phi) is 9.84. The third-order valence-corrected chi connectivity index (χ3v) is 8.51. The van der Waals surface area contributed by atoms with Gasteiger partial charge in [0.1, 0.15) is 23.9 Å². The van der Waals surface area contributed by atoms with Crippen molar-refractivity contribution in [3.05, 3.63) is 89.4 Å². The van der Waals surface area contributed by atoms with Gasteiger partial charge in [-0.2, -0.15) is 13.7 Å². The molecule has 10 heteroatoms. The molecule has 2 aromatic carbocycles. The molecular formula is C31H32FN3O5S. The number of ether oxygens (including phenoxy) is 1. The van der Waals surface area contributed by atoms with Gasteiger partial charge in [-0.25, -0.2) is 9.37 Å². The fraction of sp³-hybridized carbons (Fsp3) is 0.355. The summed E-state index contributed by atoms with van der Waals surface area (Å²) in [5.74, 6) is -2.14. The van der Waals surface area contributed by atoms with Gasteiger partial charge < -0.3 is 4.74 Å². The lowest BCUT2D eigenvalue weighted by Crippen LogP contribution is -2.46. The summed E-state index contributed by atoms with van der Waals surface area (Å²) in [5, 5.41) is 8.69. The average Bonchev–Trinajstić information content (AvgIpc) is 2.95. The van der Waals surface area contributed by atoms with Crippen LogP contribution in [0.1, 0.15) is 55.7 Å². The number of pyridine rings is 1. The van der Waals surface area contributed by atoms with Crippen LogP contribution in [0.2, 0.25) is 0 Å². The summed E-state index contributed by atoms with van der Waals surface area (Å²) in [4.78, 5) is 30.1. The summed E-state index contributed by atoms with van der Waals surface area (Å²) < 4.78 is 46.9. The van der Waals surface area contributed by atoms with Gasteiger partial charge in [0, 0.05) is 11.9 Å². The van der Waals surface area contributed by atoms with Crippen molar-refractivity contribution in [2.75, 3.05) is 4.72 Å². The molecule has 0 aliphatic carbocycles. The first kappa shape index (κ1) is 29.9. The second-order valence-corrected chi connectivity index (χ2v) is 11.8. The number of aryl methyl sites for hydroxylation is 2. The van der Waals surface area contributed by atoms with Gasteiger partial charge in [0.25, 0.3) is 10.0 Å².